The van der Waals surface area contributed by atoms with Crippen molar-refractivity contribution in [2.75, 3.05) is 76.5 Å². The summed E-state index contributed by atoms with van der Waals surface area (Å²) in [6, 6.07) is 0. The SMILES string of the molecule is C=CC(=O)C12N=CN=C(N)C1=NCN2[C@@H]1O[C@H](COP(=O)(O)OP(=O)(O)OCC(C)(C)[C@@H](O)C(=O)NCCC(=O)NCCS)[C@@H](OP(=O)(O)O)[C@H]1O.CC(O)C(=O)SCCNC(=O)CCNC(=O)[C@H](O)C(C)(C)COP(=O)(O)OP(=O)(O)OC[C@H]1O[C@@H](n2cnc3c(N)ncnc32)[C@H](O)[C@@H]1OP(=O)(O)O. The van der Waals surface area contributed by atoms with Gasteiger partial charge in [0, 0.05) is 61.4 Å². The molecule has 21 N–H and O–H groups in total. The number of phosphoric acid groups is 6. The second-order valence-electron chi connectivity index (χ2n) is 23.7. The second-order valence-corrected chi connectivity index (χ2v) is 33.8. The highest BCUT2D eigenvalue weighted by Crippen LogP contribution is 2.63. The van der Waals surface area contributed by atoms with Gasteiger partial charge < -0.3 is 107 Å². The van der Waals surface area contributed by atoms with Gasteiger partial charge in [-0.2, -0.15) is 21.3 Å². The van der Waals surface area contributed by atoms with Crippen molar-refractivity contribution in [3.05, 3.63) is 25.3 Å². The molecule has 0 aromatic carbocycles. The maximum absolute atomic E-state index is 13.1. The number of rotatable bonds is 40. The number of hydrogen-bond acceptors (Lipinski definition) is 38. The van der Waals surface area contributed by atoms with Gasteiger partial charge in [0.05, 0.1) is 39.4 Å². The highest BCUT2D eigenvalue weighted by molar-refractivity contribution is 8.13. The molecule has 2 aromatic heterocycles. The molecule has 57 heteroatoms. The minimum Gasteiger partial charge on any atom is -0.386 e. The van der Waals surface area contributed by atoms with E-state index in [1.165, 1.54) is 34.6 Å². The summed E-state index contributed by atoms with van der Waals surface area (Å²) in [6.07, 6.45) is -16.0. The van der Waals surface area contributed by atoms with Crippen LogP contribution in [0.2, 0.25) is 0 Å². The van der Waals surface area contributed by atoms with Crippen LogP contribution in [0.5, 0.6) is 0 Å². The first-order valence-corrected chi connectivity index (χ1v) is 40.8. The minimum absolute atomic E-state index is 0.0251. The van der Waals surface area contributed by atoms with Crippen LogP contribution >= 0.6 is 71.3 Å². The van der Waals surface area contributed by atoms with Crippen molar-refractivity contribution in [1.82, 2.24) is 45.7 Å². The van der Waals surface area contributed by atoms with Crippen LogP contribution in [0.3, 0.4) is 0 Å². The number of nitrogens with two attached hydrogens (primary N) is 2. The van der Waals surface area contributed by atoms with E-state index in [1.807, 2.05) is 0 Å². The van der Waals surface area contributed by atoms with Crippen molar-refractivity contribution in [2.45, 2.75) is 121 Å². The van der Waals surface area contributed by atoms with E-state index >= 15 is 0 Å². The first kappa shape index (κ1) is 90.9. The number of aliphatic hydroxyl groups is 5. The Kier molecular flexibility index (Phi) is 32.7. The molecule has 4 aliphatic rings. The summed E-state index contributed by atoms with van der Waals surface area (Å²) < 4.78 is 123. The summed E-state index contributed by atoms with van der Waals surface area (Å²) in [5.41, 5.74) is 6.26. The second kappa shape index (κ2) is 37.8. The number of ether oxygens (including phenoxy) is 2. The zero-order valence-corrected chi connectivity index (χ0v) is 62.7. The Morgan fingerprint density at radius 2 is 1.18 bits per heavy atom. The minimum atomic E-state index is -5.63. The molecule has 2 aromatic rings. The molecule has 0 aliphatic carbocycles. The maximum atomic E-state index is 13.1. The molecule has 0 spiro atoms. The largest absolute Gasteiger partial charge is 0.481 e. The number of amides is 4. The fourth-order valence-corrected chi connectivity index (χ4v) is 15.8. The monoisotopic (exact) mass is 1660 g/mol. The Morgan fingerprint density at radius 3 is 1.65 bits per heavy atom. The zero-order chi connectivity index (χ0) is 79.2. The molecular weight excluding hydrogens is 1580 g/mol. The van der Waals surface area contributed by atoms with E-state index in [2.05, 4.69) is 88.1 Å². The number of anilines is 1. The quantitative estimate of drug-likeness (QED) is 0.0129. The molecular formula is C48H80N14O35P6S2. The maximum Gasteiger partial charge on any atom is 0.481 e. The van der Waals surface area contributed by atoms with Crippen molar-refractivity contribution in [3.8, 4) is 0 Å². The number of carbonyl (C=O) groups is 6. The third kappa shape index (κ3) is 26.2. The third-order valence-corrected chi connectivity index (χ3v) is 22.0. The van der Waals surface area contributed by atoms with Gasteiger partial charge in [-0.25, -0.2) is 57.2 Å². The van der Waals surface area contributed by atoms with Gasteiger partial charge >= 0.3 is 46.9 Å². The van der Waals surface area contributed by atoms with Crippen molar-refractivity contribution in [2.24, 2.45) is 31.5 Å². The standard InChI is InChI=1S/C24H40N7O18P3S.C24H40N7O17P3S/c1-12(32)23(37)53-7-6-26-14(33)4-5-27-21(36)18(35)24(2,3)9-46-52(43,44)49-51(41,42)45-8-13-17(48-50(38,39)40)16(34)22(47-13)31-11-30-15-19(25)28-10-29-20(15)31;1-4-14(32)24-18(20(25)28-11-30-24)29-12-31(24)22-16(34)17(47-49(37,38)39)13(46-22)9-44-50(40,41)48-51(42,43)45-10-23(2,3)19(35)21(36)27-6-5-15(33)26-7-8-52/h10-13,16-18,22,32,34-35H,4-9H2,1-3H3,(H,26,33)(H,27,36)(H,41,42)(H,43,44)(H2,25,28,29)(H2,38,39,40);4,11,13,16-17,19,22,34-35,52H,1,5-10,12H2,2-3H3,(H,26,33)(H,27,36)(H,40,41)(H,42,43)(H2,25,28,30)(H2,37,38,39)/t12?,13-,16-,17-,18+,22-;13-,16-,17-,19+,22-,24?/m11/s1. The van der Waals surface area contributed by atoms with E-state index in [1.54, 1.807) is 0 Å². The number of hydrogen-bond donors (Lipinski definition) is 20. The number of nitrogens with one attached hydrogen (secondary N) is 4. The first-order chi connectivity index (χ1) is 48.4. The van der Waals surface area contributed by atoms with Crippen molar-refractivity contribution in [1.29, 1.82) is 0 Å². The molecule has 105 heavy (non-hydrogen) atoms. The number of nitrogens with zero attached hydrogens (tertiary/aromatic N) is 8. The lowest BCUT2D eigenvalue weighted by Gasteiger charge is -2.38. The highest BCUT2D eigenvalue weighted by atomic mass is 32.2. The molecule has 4 aliphatic heterocycles. The third-order valence-electron chi connectivity index (χ3n) is 14.6. The number of imidazole rings is 1. The van der Waals surface area contributed by atoms with Crippen LogP contribution in [0.4, 0.5) is 5.82 Å². The van der Waals surface area contributed by atoms with Crippen LogP contribution < -0.4 is 32.7 Å². The normalized spacial score (nSPS) is 25.3. The number of thiol groups is 1. The van der Waals surface area contributed by atoms with Gasteiger partial charge in [-0.3, -0.25) is 65.5 Å². The number of fused-ring (bicyclic) bond motifs is 2. The number of amidine groups is 1. The average Bonchev–Trinajstić information content (AvgIpc) is 1.58. The summed E-state index contributed by atoms with van der Waals surface area (Å²) >= 11 is 4.78. The highest BCUT2D eigenvalue weighted by Gasteiger charge is 2.61. The number of aliphatic imine (C=N–C) groups is 3. The predicted molar refractivity (Wildman–Crippen MR) is 359 cm³/mol. The topological polar surface area (TPSA) is 744 Å². The summed E-state index contributed by atoms with van der Waals surface area (Å²) in [5, 5.41) is 61.2. The van der Waals surface area contributed by atoms with Gasteiger partial charge in [0.15, 0.2) is 23.5 Å². The van der Waals surface area contributed by atoms with Crippen molar-refractivity contribution in [3.63, 3.8) is 0 Å². The van der Waals surface area contributed by atoms with Crippen LogP contribution in [-0.4, -0.2) is 279 Å². The van der Waals surface area contributed by atoms with Crippen molar-refractivity contribution >= 4 is 141 Å². The number of thioether (sulfide) groups is 1. The van der Waals surface area contributed by atoms with Crippen LogP contribution in [0.1, 0.15) is 53.7 Å². The van der Waals surface area contributed by atoms with E-state index in [4.69, 9.17) is 44.1 Å². The van der Waals surface area contributed by atoms with Gasteiger partial charge in [0.2, 0.25) is 40.2 Å². The Morgan fingerprint density at radius 1 is 0.714 bits per heavy atom. The number of ketones is 1. The van der Waals surface area contributed by atoms with Gasteiger partial charge in [0.1, 0.15) is 85.1 Å². The van der Waals surface area contributed by atoms with E-state index in [9.17, 15) is 116 Å². The zero-order valence-electron chi connectivity index (χ0n) is 55.6. The lowest BCUT2D eigenvalue weighted by atomic mass is 9.87. The molecule has 0 saturated carbocycles. The van der Waals surface area contributed by atoms with Crippen molar-refractivity contribution < 1.29 is 166 Å². The van der Waals surface area contributed by atoms with Gasteiger partial charge in [-0.15, -0.1) is 0 Å². The Hall–Kier alpha value is -4.76. The molecule has 2 saturated heterocycles. The molecule has 0 radical (unpaired) electrons. The van der Waals surface area contributed by atoms with Gasteiger partial charge in [-0.1, -0.05) is 46.0 Å². The molecule has 2 fully saturated rings. The Labute approximate surface area is 604 Å². The average molecular weight is 1660 g/mol. The van der Waals surface area contributed by atoms with Crippen LogP contribution in [0.15, 0.2) is 40.3 Å². The van der Waals surface area contributed by atoms with Gasteiger partial charge in [-0.05, 0) is 13.0 Å². The van der Waals surface area contributed by atoms with Crippen LogP contribution in [-0.2, 0) is 101 Å². The summed E-state index contributed by atoms with van der Waals surface area (Å²) in [5.74, 6) is -3.32. The van der Waals surface area contributed by atoms with Crippen LogP contribution in [0, 0.1) is 10.8 Å². The van der Waals surface area contributed by atoms with E-state index in [0.29, 0.717) is 12.3 Å². The number of phosphoric ester groups is 6. The molecule has 6 unspecified atom stereocenters. The molecule has 0 bridgehead atoms. The molecule has 6 rings (SSSR count). The molecule has 4 amide bonds. The van der Waals surface area contributed by atoms with E-state index in [0.717, 1.165) is 46.3 Å². The lowest BCUT2D eigenvalue weighted by molar-refractivity contribution is -0.140. The first-order valence-electron chi connectivity index (χ1n) is 30.1. The number of carbonyl (C=O) groups excluding carboxylic acids is 6. The predicted octanol–water partition coefficient (Wildman–Crippen LogP) is -4.65. The lowest BCUT2D eigenvalue weighted by Crippen LogP contribution is -2.63. The van der Waals surface area contributed by atoms with E-state index < -0.39 is 193 Å². The smallest absolute Gasteiger partial charge is 0.386 e. The molecule has 16 atom stereocenters. The number of nitrogen functional groups attached to an aromatic ring is 1. The Bertz CT molecular complexity index is 3870. The fourth-order valence-electron chi connectivity index (χ4n) is 9.36. The summed E-state index contributed by atoms with van der Waals surface area (Å²) in [6.45, 7) is 5.14. The van der Waals surface area contributed by atoms with Crippen LogP contribution in [0.25, 0.3) is 11.2 Å². The Balaban J connectivity index is 0.000000377. The fraction of sp³-hybridized carbons (Fsp3) is 0.667. The molecule has 6 heterocycles. The number of aliphatic hydroxyl groups excluding tert-OH is 5. The summed E-state index contributed by atoms with van der Waals surface area (Å²) in [4.78, 5) is 176. The molecule has 49 nitrogen and oxygen atoms in total. The summed E-state index contributed by atoms with van der Waals surface area (Å²) in [7, 11) is -33.0. The van der Waals surface area contributed by atoms with Gasteiger partial charge in [0.25, 0.3) is 0 Å². The molecule has 594 valence electrons. The van der Waals surface area contributed by atoms with E-state index in [-0.39, 0.29) is 72.7 Å². The number of aromatic nitrogens is 4.